The van der Waals surface area contributed by atoms with Crippen LogP contribution in [0, 0.1) is 0 Å². The third kappa shape index (κ3) is 5.27. The molecule has 0 aliphatic carbocycles. The molecule has 0 heterocycles. The summed E-state index contributed by atoms with van der Waals surface area (Å²) in [5, 5.41) is 0.652. The third-order valence-corrected chi connectivity index (χ3v) is 4.40. The van der Waals surface area contributed by atoms with Crippen molar-refractivity contribution in [2.75, 3.05) is 13.2 Å². The average molecular weight is 367 g/mol. The highest BCUT2D eigenvalue weighted by Crippen LogP contribution is 2.36. The van der Waals surface area contributed by atoms with Crippen LogP contribution in [0.25, 0.3) is 11.1 Å². The minimum Gasteiger partial charge on any atom is -0.494 e. The van der Waals surface area contributed by atoms with E-state index in [0.29, 0.717) is 11.6 Å². The Hall–Kier alpha value is -2.45. The maximum absolute atomic E-state index is 6.36. The molecule has 0 saturated carbocycles. The molecule has 0 amide bonds. The van der Waals surface area contributed by atoms with Gasteiger partial charge < -0.3 is 9.47 Å². The maximum atomic E-state index is 6.36. The lowest BCUT2D eigenvalue weighted by Crippen LogP contribution is -2.02. The number of rotatable bonds is 9. The minimum atomic E-state index is 0.648. The van der Waals surface area contributed by atoms with Gasteiger partial charge in [-0.1, -0.05) is 72.3 Å². The van der Waals surface area contributed by atoms with Gasteiger partial charge in [-0.3, -0.25) is 0 Å². The first-order valence-corrected chi connectivity index (χ1v) is 9.37. The Morgan fingerprint density at radius 3 is 2.00 bits per heavy atom. The molecule has 0 unspecified atom stereocenters. The molecule has 0 N–H and O–H groups in total. The topological polar surface area (TPSA) is 18.5 Å². The smallest absolute Gasteiger partial charge is 0.145 e. The van der Waals surface area contributed by atoms with Crippen molar-refractivity contribution >= 4 is 11.6 Å². The zero-order chi connectivity index (χ0) is 18.0. The number of ether oxygens (including phenoxy) is 2. The van der Waals surface area contributed by atoms with Crippen molar-refractivity contribution in [1.29, 1.82) is 0 Å². The SMILES string of the molecule is Clc1cccc(-c2ccccc2)c1OCCCCCOc1ccccc1. The van der Waals surface area contributed by atoms with Crippen LogP contribution >= 0.6 is 11.6 Å². The highest BCUT2D eigenvalue weighted by atomic mass is 35.5. The minimum absolute atomic E-state index is 0.648. The first-order valence-electron chi connectivity index (χ1n) is 8.99. The summed E-state index contributed by atoms with van der Waals surface area (Å²) in [6, 6.07) is 26.0. The Bertz CT molecular complexity index is 788. The van der Waals surface area contributed by atoms with Crippen molar-refractivity contribution in [3.05, 3.63) is 83.9 Å². The molecule has 0 atom stereocenters. The molecule has 0 aliphatic rings. The Balaban J connectivity index is 1.45. The quantitative estimate of drug-likeness (QED) is 0.395. The number of hydrogen-bond acceptors (Lipinski definition) is 2. The Kier molecular flexibility index (Phi) is 6.97. The average Bonchev–Trinajstić information content (AvgIpc) is 2.69. The summed E-state index contributed by atoms with van der Waals surface area (Å²) in [6.07, 6.45) is 3.03. The fourth-order valence-electron chi connectivity index (χ4n) is 2.76. The van der Waals surface area contributed by atoms with Gasteiger partial charge in [0.2, 0.25) is 0 Å². The lowest BCUT2D eigenvalue weighted by atomic mass is 10.0. The number of para-hydroxylation sites is 2. The molecule has 0 aromatic heterocycles. The van der Waals surface area contributed by atoms with Crippen LogP contribution in [-0.2, 0) is 0 Å². The van der Waals surface area contributed by atoms with Gasteiger partial charge in [0, 0.05) is 5.56 Å². The van der Waals surface area contributed by atoms with Gasteiger partial charge >= 0.3 is 0 Å². The summed E-state index contributed by atoms with van der Waals surface area (Å²) >= 11 is 6.36. The lowest BCUT2D eigenvalue weighted by molar-refractivity contribution is 0.280. The van der Waals surface area contributed by atoms with Crippen LogP contribution in [0.2, 0.25) is 5.02 Å². The number of hydrogen-bond donors (Lipinski definition) is 0. The van der Waals surface area contributed by atoms with E-state index in [1.54, 1.807) is 0 Å². The fourth-order valence-corrected chi connectivity index (χ4v) is 2.99. The molecule has 0 saturated heterocycles. The summed E-state index contributed by atoms with van der Waals surface area (Å²) < 4.78 is 11.7. The van der Waals surface area contributed by atoms with Crippen molar-refractivity contribution in [1.82, 2.24) is 0 Å². The van der Waals surface area contributed by atoms with E-state index in [-0.39, 0.29) is 0 Å². The predicted octanol–water partition coefficient (Wildman–Crippen LogP) is 6.64. The molecule has 0 radical (unpaired) electrons. The predicted molar refractivity (Wildman–Crippen MR) is 108 cm³/mol. The second kappa shape index (κ2) is 9.88. The van der Waals surface area contributed by atoms with Crippen LogP contribution in [0.4, 0.5) is 0 Å². The largest absolute Gasteiger partial charge is 0.494 e. The van der Waals surface area contributed by atoms with Gasteiger partial charge in [0.25, 0.3) is 0 Å². The molecule has 26 heavy (non-hydrogen) atoms. The van der Waals surface area contributed by atoms with Gasteiger partial charge in [0.05, 0.1) is 18.2 Å². The van der Waals surface area contributed by atoms with Crippen molar-refractivity contribution in [2.24, 2.45) is 0 Å². The van der Waals surface area contributed by atoms with E-state index in [0.717, 1.165) is 48.5 Å². The monoisotopic (exact) mass is 366 g/mol. The van der Waals surface area contributed by atoms with E-state index in [4.69, 9.17) is 21.1 Å². The highest BCUT2D eigenvalue weighted by Gasteiger charge is 2.10. The zero-order valence-electron chi connectivity index (χ0n) is 14.7. The second-order valence-corrected chi connectivity index (χ2v) is 6.46. The van der Waals surface area contributed by atoms with Gasteiger partial charge in [0.1, 0.15) is 11.5 Å². The van der Waals surface area contributed by atoms with E-state index in [1.165, 1.54) is 0 Å². The summed E-state index contributed by atoms with van der Waals surface area (Å²) in [6.45, 7) is 1.38. The third-order valence-electron chi connectivity index (χ3n) is 4.10. The van der Waals surface area contributed by atoms with Crippen LogP contribution in [-0.4, -0.2) is 13.2 Å². The van der Waals surface area contributed by atoms with Crippen molar-refractivity contribution < 1.29 is 9.47 Å². The molecule has 3 rings (SSSR count). The second-order valence-electron chi connectivity index (χ2n) is 6.05. The van der Waals surface area contributed by atoms with E-state index >= 15 is 0 Å². The highest BCUT2D eigenvalue weighted by molar-refractivity contribution is 6.32. The van der Waals surface area contributed by atoms with Crippen LogP contribution in [0.3, 0.4) is 0 Å². The molecular formula is C23H23ClO2. The van der Waals surface area contributed by atoms with E-state index in [9.17, 15) is 0 Å². The molecule has 0 aliphatic heterocycles. The zero-order valence-corrected chi connectivity index (χ0v) is 15.5. The number of benzene rings is 3. The molecule has 3 heteroatoms. The molecule has 134 valence electrons. The molecule has 3 aromatic carbocycles. The normalized spacial score (nSPS) is 10.5. The van der Waals surface area contributed by atoms with Crippen LogP contribution in [0.1, 0.15) is 19.3 Å². The molecule has 0 spiro atoms. The molecular weight excluding hydrogens is 344 g/mol. The number of halogens is 1. The van der Waals surface area contributed by atoms with Gasteiger partial charge in [-0.05, 0) is 43.0 Å². The number of unbranched alkanes of at least 4 members (excludes halogenated alkanes) is 2. The fraction of sp³-hybridized carbons (Fsp3) is 0.217. The summed E-state index contributed by atoms with van der Waals surface area (Å²) in [4.78, 5) is 0. The van der Waals surface area contributed by atoms with Crippen LogP contribution < -0.4 is 9.47 Å². The van der Waals surface area contributed by atoms with Gasteiger partial charge in [-0.2, -0.15) is 0 Å². The first-order chi connectivity index (χ1) is 12.8. The molecule has 0 fully saturated rings. The van der Waals surface area contributed by atoms with Crippen molar-refractivity contribution in [3.8, 4) is 22.6 Å². The van der Waals surface area contributed by atoms with Gasteiger partial charge in [-0.25, -0.2) is 0 Å². The molecule has 0 bridgehead atoms. The lowest BCUT2D eigenvalue weighted by Gasteiger charge is -2.13. The standard InChI is InChI=1S/C23H23ClO2/c24-22-16-10-15-21(19-11-4-1-5-12-19)23(22)26-18-9-3-8-17-25-20-13-6-2-7-14-20/h1-2,4-7,10-16H,3,8-9,17-18H2. The summed E-state index contributed by atoms with van der Waals surface area (Å²) in [5.74, 6) is 1.69. The van der Waals surface area contributed by atoms with E-state index in [1.807, 2.05) is 66.7 Å². The van der Waals surface area contributed by atoms with Crippen LogP contribution in [0.5, 0.6) is 11.5 Å². The van der Waals surface area contributed by atoms with E-state index in [2.05, 4.69) is 12.1 Å². The van der Waals surface area contributed by atoms with Gasteiger partial charge in [0.15, 0.2) is 0 Å². The van der Waals surface area contributed by atoms with Crippen molar-refractivity contribution in [3.63, 3.8) is 0 Å². The molecule has 3 aromatic rings. The Morgan fingerprint density at radius 2 is 1.27 bits per heavy atom. The first kappa shape index (κ1) is 18.3. The van der Waals surface area contributed by atoms with E-state index < -0.39 is 0 Å². The summed E-state index contributed by atoms with van der Waals surface area (Å²) in [5.41, 5.74) is 2.15. The maximum Gasteiger partial charge on any atom is 0.145 e. The van der Waals surface area contributed by atoms with Gasteiger partial charge in [-0.15, -0.1) is 0 Å². The van der Waals surface area contributed by atoms with Crippen LogP contribution in [0.15, 0.2) is 78.9 Å². The Labute approximate surface area is 160 Å². The Morgan fingerprint density at radius 1 is 0.615 bits per heavy atom. The summed E-state index contributed by atoms with van der Waals surface area (Å²) in [7, 11) is 0. The molecule has 2 nitrogen and oxygen atoms in total. The van der Waals surface area contributed by atoms with Crippen molar-refractivity contribution in [2.45, 2.75) is 19.3 Å².